The van der Waals surface area contributed by atoms with Gasteiger partial charge in [0.25, 0.3) is 0 Å². The summed E-state index contributed by atoms with van der Waals surface area (Å²) < 4.78 is 10.6. The van der Waals surface area contributed by atoms with E-state index in [2.05, 4.69) is 26.1 Å². The number of carbonyl (C=O) groups excluding carboxylic acids is 1. The van der Waals surface area contributed by atoms with Gasteiger partial charge < -0.3 is 14.8 Å². The SMILES string of the molecule is CCCCOCCOC(=O)C1NCCCC1(C)C. The van der Waals surface area contributed by atoms with Gasteiger partial charge in [0.05, 0.1) is 6.61 Å². The number of esters is 1. The fraction of sp³-hybridized carbons (Fsp3) is 0.929. The number of piperidine rings is 1. The van der Waals surface area contributed by atoms with Gasteiger partial charge in [0.15, 0.2) is 0 Å². The predicted octanol–water partition coefficient (Wildman–Crippen LogP) is 2.12. The lowest BCUT2D eigenvalue weighted by atomic mass is 9.77. The van der Waals surface area contributed by atoms with Crippen molar-refractivity contribution in [2.24, 2.45) is 5.41 Å². The molecule has 1 saturated heterocycles. The monoisotopic (exact) mass is 257 g/mol. The maximum absolute atomic E-state index is 12.0. The van der Waals surface area contributed by atoms with E-state index in [0.29, 0.717) is 13.2 Å². The number of hydrogen-bond donors (Lipinski definition) is 1. The smallest absolute Gasteiger partial charge is 0.323 e. The van der Waals surface area contributed by atoms with Crippen LogP contribution in [0.4, 0.5) is 0 Å². The second-order valence-corrected chi connectivity index (χ2v) is 5.61. The van der Waals surface area contributed by atoms with Gasteiger partial charge in [-0.2, -0.15) is 0 Å². The van der Waals surface area contributed by atoms with Crippen LogP contribution in [0.2, 0.25) is 0 Å². The minimum Gasteiger partial charge on any atom is -0.462 e. The van der Waals surface area contributed by atoms with Crippen molar-refractivity contribution in [1.29, 1.82) is 0 Å². The van der Waals surface area contributed by atoms with Crippen LogP contribution in [0.5, 0.6) is 0 Å². The molecule has 1 atom stereocenters. The Bertz CT molecular complexity index is 253. The average Bonchev–Trinajstić information content (AvgIpc) is 2.32. The van der Waals surface area contributed by atoms with E-state index >= 15 is 0 Å². The van der Waals surface area contributed by atoms with Crippen LogP contribution < -0.4 is 5.32 Å². The summed E-state index contributed by atoms with van der Waals surface area (Å²) in [5, 5.41) is 3.25. The summed E-state index contributed by atoms with van der Waals surface area (Å²) >= 11 is 0. The van der Waals surface area contributed by atoms with E-state index in [1.165, 1.54) is 0 Å². The van der Waals surface area contributed by atoms with Crippen molar-refractivity contribution >= 4 is 5.97 Å². The normalized spacial score (nSPS) is 22.7. The number of ether oxygens (including phenoxy) is 2. The zero-order valence-electron chi connectivity index (χ0n) is 12.0. The van der Waals surface area contributed by atoms with Crippen molar-refractivity contribution < 1.29 is 14.3 Å². The molecule has 0 aromatic carbocycles. The quantitative estimate of drug-likeness (QED) is 0.560. The summed E-state index contributed by atoms with van der Waals surface area (Å²) in [5.41, 5.74) is -0.0155. The summed E-state index contributed by atoms with van der Waals surface area (Å²) in [5.74, 6) is -0.140. The molecule has 1 N–H and O–H groups in total. The van der Waals surface area contributed by atoms with Crippen LogP contribution in [-0.2, 0) is 14.3 Å². The highest BCUT2D eigenvalue weighted by Crippen LogP contribution is 2.30. The Labute approximate surface area is 110 Å². The maximum atomic E-state index is 12.0. The van der Waals surface area contributed by atoms with Crippen LogP contribution in [0.3, 0.4) is 0 Å². The lowest BCUT2D eigenvalue weighted by Gasteiger charge is -2.37. The second kappa shape index (κ2) is 7.74. The number of unbranched alkanes of at least 4 members (excludes halogenated alkanes) is 1. The molecule has 1 aliphatic rings. The van der Waals surface area contributed by atoms with E-state index < -0.39 is 0 Å². The minimum atomic E-state index is -0.179. The van der Waals surface area contributed by atoms with E-state index in [1.54, 1.807) is 0 Å². The first-order valence-electron chi connectivity index (χ1n) is 7.05. The molecule has 106 valence electrons. The Hall–Kier alpha value is -0.610. The summed E-state index contributed by atoms with van der Waals surface area (Å²) in [6, 6.07) is -0.179. The fourth-order valence-electron chi connectivity index (χ4n) is 2.25. The van der Waals surface area contributed by atoms with Crippen LogP contribution in [0.25, 0.3) is 0 Å². The standard InChI is InChI=1S/C14H27NO3/c1-4-5-9-17-10-11-18-13(16)12-14(2,3)7-6-8-15-12/h12,15H,4-11H2,1-3H3. The second-order valence-electron chi connectivity index (χ2n) is 5.61. The number of carbonyl (C=O) groups is 1. The van der Waals surface area contributed by atoms with Crippen molar-refractivity contribution in [1.82, 2.24) is 5.32 Å². The highest BCUT2D eigenvalue weighted by atomic mass is 16.6. The lowest BCUT2D eigenvalue weighted by Crippen LogP contribution is -2.52. The third-order valence-corrected chi connectivity index (χ3v) is 3.48. The fourth-order valence-corrected chi connectivity index (χ4v) is 2.25. The molecule has 4 heteroatoms. The first kappa shape index (κ1) is 15.4. The molecule has 0 spiro atoms. The van der Waals surface area contributed by atoms with Gasteiger partial charge in [-0.1, -0.05) is 27.2 Å². The van der Waals surface area contributed by atoms with Crippen molar-refractivity contribution in [2.45, 2.75) is 52.5 Å². The van der Waals surface area contributed by atoms with Gasteiger partial charge >= 0.3 is 5.97 Å². The molecule has 0 radical (unpaired) electrons. The molecule has 18 heavy (non-hydrogen) atoms. The topological polar surface area (TPSA) is 47.6 Å². The average molecular weight is 257 g/mol. The van der Waals surface area contributed by atoms with E-state index in [1.807, 2.05) is 0 Å². The third kappa shape index (κ3) is 4.94. The summed E-state index contributed by atoms with van der Waals surface area (Å²) in [6.07, 6.45) is 4.37. The van der Waals surface area contributed by atoms with Gasteiger partial charge in [-0.15, -0.1) is 0 Å². The number of nitrogens with one attached hydrogen (secondary N) is 1. The summed E-state index contributed by atoms with van der Waals surface area (Å²) in [6.45, 7) is 8.86. The van der Waals surface area contributed by atoms with Crippen LogP contribution in [0, 0.1) is 5.41 Å². The van der Waals surface area contributed by atoms with E-state index in [-0.39, 0.29) is 17.4 Å². The van der Waals surface area contributed by atoms with Gasteiger partial charge in [0.2, 0.25) is 0 Å². The Morgan fingerprint density at radius 3 is 2.78 bits per heavy atom. The summed E-state index contributed by atoms with van der Waals surface area (Å²) in [7, 11) is 0. The zero-order chi connectivity index (χ0) is 13.4. The molecule has 0 saturated carbocycles. The van der Waals surface area contributed by atoms with Crippen LogP contribution in [0.1, 0.15) is 46.5 Å². The molecule has 1 fully saturated rings. The lowest BCUT2D eigenvalue weighted by molar-refractivity contribution is -0.152. The van der Waals surface area contributed by atoms with E-state index in [9.17, 15) is 4.79 Å². The van der Waals surface area contributed by atoms with Gasteiger partial charge in [-0.25, -0.2) is 0 Å². The molecular formula is C14H27NO3. The summed E-state index contributed by atoms with van der Waals surface area (Å²) in [4.78, 5) is 12.0. The molecule has 4 nitrogen and oxygen atoms in total. The molecular weight excluding hydrogens is 230 g/mol. The van der Waals surface area contributed by atoms with Crippen molar-refractivity contribution in [2.75, 3.05) is 26.4 Å². The Morgan fingerprint density at radius 2 is 2.11 bits per heavy atom. The van der Waals surface area contributed by atoms with Crippen molar-refractivity contribution in [3.05, 3.63) is 0 Å². The third-order valence-electron chi connectivity index (χ3n) is 3.48. The van der Waals surface area contributed by atoms with Crippen molar-refractivity contribution in [3.63, 3.8) is 0 Å². The highest BCUT2D eigenvalue weighted by molar-refractivity contribution is 5.77. The molecule has 1 unspecified atom stereocenters. The van der Waals surface area contributed by atoms with Crippen molar-refractivity contribution in [3.8, 4) is 0 Å². The maximum Gasteiger partial charge on any atom is 0.323 e. The van der Waals surface area contributed by atoms with Crippen LogP contribution in [-0.4, -0.2) is 38.4 Å². The molecule has 1 heterocycles. The highest BCUT2D eigenvalue weighted by Gasteiger charge is 2.38. The molecule has 0 amide bonds. The van der Waals surface area contributed by atoms with E-state index in [4.69, 9.17) is 9.47 Å². The van der Waals surface area contributed by atoms with Gasteiger partial charge in [0.1, 0.15) is 12.6 Å². The first-order chi connectivity index (χ1) is 8.58. The minimum absolute atomic E-state index is 0.0155. The molecule has 1 rings (SSSR count). The van der Waals surface area contributed by atoms with Crippen LogP contribution >= 0.6 is 0 Å². The number of hydrogen-bond acceptors (Lipinski definition) is 4. The Morgan fingerprint density at radius 1 is 1.33 bits per heavy atom. The Balaban J connectivity index is 2.19. The van der Waals surface area contributed by atoms with Crippen LogP contribution in [0.15, 0.2) is 0 Å². The molecule has 0 aromatic rings. The number of rotatable bonds is 7. The van der Waals surface area contributed by atoms with E-state index in [0.717, 1.165) is 38.8 Å². The molecule has 0 aliphatic carbocycles. The predicted molar refractivity (Wildman–Crippen MR) is 71.5 cm³/mol. The van der Waals surface area contributed by atoms with Gasteiger partial charge in [0, 0.05) is 6.61 Å². The van der Waals surface area contributed by atoms with Gasteiger partial charge in [-0.3, -0.25) is 4.79 Å². The zero-order valence-corrected chi connectivity index (χ0v) is 12.0. The van der Waals surface area contributed by atoms with Gasteiger partial charge in [-0.05, 0) is 31.2 Å². The molecule has 0 aromatic heterocycles. The first-order valence-corrected chi connectivity index (χ1v) is 7.05. The molecule has 1 aliphatic heterocycles. The Kier molecular flexibility index (Phi) is 6.65. The largest absolute Gasteiger partial charge is 0.462 e. The molecule has 0 bridgehead atoms.